The van der Waals surface area contributed by atoms with Gasteiger partial charge in [-0.1, -0.05) is 35.9 Å². The molecule has 0 bridgehead atoms. The number of hydrogen-bond acceptors (Lipinski definition) is 5. The Morgan fingerprint density at radius 1 is 1.03 bits per heavy atom. The lowest BCUT2D eigenvalue weighted by molar-refractivity contribution is 0.0950. The number of hydrogen-bond donors (Lipinski definition) is 2. The van der Waals surface area contributed by atoms with Gasteiger partial charge < -0.3 is 14.8 Å². The lowest BCUT2D eigenvalue weighted by Gasteiger charge is -2.21. The van der Waals surface area contributed by atoms with E-state index in [1.54, 1.807) is 24.3 Å². The molecule has 3 aromatic rings. The van der Waals surface area contributed by atoms with E-state index in [9.17, 15) is 13.2 Å². The zero-order chi connectivity index (χ0) is 22.7. The first kappa shape index (κ1) is 22.0. The second-order valence-electron chi connectivity index (χ2n) is 7.24. The Morgan fingerprint density at radius 2 is 1.81 bits per heavy atom. The van der Waals surface area contributed by atoms with Crippen molar-refractivity contribution in [3.8, 4) is 11.5 Å². The van der Waals surface area contributed by atoms with E-state index in [4.69, 9.17) is 21.1 Å². The van der Waals surface area contributed by atoms with Gasteiger partial charge in [0.15, 0.2) is 11.5 Å². The van der Waals surface area contributed by atoms with Crippen molar-refractivity contribution in [3.63, 3.8) is 0 Å². The molecule has 3 aromatic carbocycles. The number of rotatable bonds is 6. The highest BCUT2D eigenvalue weighted by atomic mass is 35.5. The third kappa shape index (κ3) is 4.81. The molecule has 7 nitrogen and oxygen atoms in total. The standard InChI is InChI=1S/C23H21ClN2O5S/c1-15-4-2-6-17(12-15)26-32(28,29)18-8-9-20(24)19(13-18)23(27)25-14-16-5-3-7-21-22(16)31-11-10-30-21/h2-9,12-13,26H,10-11,14H2,1H3,(H,25,27). The van der Waals surface area contributed by atoms with Crippen LogP contribution in [0.1, 0.15) is 21.5 Å². The first-order valence-corrected chi connectivity index (χ1v) is 11.7. The molecular weight excluding hydrogens is 452 g/mol. The van der Waals surface area contributed by atoms with Crippen LogP contribution >= 0.6 is 11.6 Å². The highest BCUT2D eigenvalue weighted by Crippen LogP contribution is 2.33. The monoisotopic (exact) mass is 472 g/mol. The molecule has 0 fully saturated rings. The van der Waals surface area contributed by atoms with Gasteiger partial charge in [-0.3, -0.25) is 9.52 Å². The topological polar surface area (TPSA) is 93.7 Å². The van der Waals surface area contributed by atoms with Gasteiger partial charge in [-0.15, -0.1) is 0 Å². The quantitative estimate of drug-likeness (QED) is 0.562. The average molecular weight is 473 g/mol. The van der Waals surface area contributed by atoms with Crippen LogP contribution in [0.15, 0.2) is 65.6 Å². The first-order valence-electron chi connectivity index (χ1n) is 9.88. The van der Waals surface area contributed by atoms with Crippen LogP contribution in [0.2, 0.25) is 5.02 Å². The van der Waals surface area contributed by atoms with Crippen molar-refractivity contribution in [2.45, 2.75) is 18.4 Å². The molecule has 1 heterocycles. The molecule has 166 valence electrons. The van der Waals surface area contributed by atoms with E-state index in [1.165, 1.54) is 18.2 Å². The maximum atomic E-state index is 12.8. The summed E-state index contributed by atoms with van der Waals surface area (Å²) in [5.74, 6) is 0.706. The molecule has 32 heavy (non-hydrogen) atoms. The van der Waals surface area contributed by atoms with Crippen molar-refractivity contribution in [2.24, 2.45) is 0 Å². The molecule has 1 amide bonds. The van der Waals surface area contributed by atoms with Gasteiger partial charge in [0, 0.05) is 17.8 Å². The van der Waals surface area contributed by atoms with Crippen LogP contribution in [0.5, 0.6) is 11.5 Å². The highest BCUT2D eigenvalue weighted by molar-refractivity contribution is 7.92. The number of carbonyl (C=O) groups is 1. The molecule has 9 heteroatoms. The molecule has 0 aliphatic carbocycles. The van der Waals surface area contributed by atoms with Crippen molar-refractivity contribution in [3.05, 3.63) is 82.4 Å². The number of ether oxygens (including phenoxy) is 2. The molecule has 1 aliphatic heterocycles. The maximum Gasteiger partial charge on any atom is 0.261 e. The predicted octanol–water partition coefficient (Wildman–Crippen LogP) is 4.15. The van der Waals surface area contributed by atoms with Crippen LogP contribution in [0.25, 0.3) is 0 Å². The number of para-hydroxylation sites is 1. The van der Waals surface area contributed by atoms with Gasteiger partial charge in [-0.05, 0) is 48.9 Å². The molecule has 0 saturated heterocycles. The van der Waals surface area contributed by atoms with E-state index in [0.29, 0.717) is 30.4 Å². The van der Waals surface area contributed by atoms with Crippen molar-refractivity contribution < 1.29 is 22.7 Å². The van der Waals surface area contributed by atoms with Crippen LogP contribution < -0.4 is 19.5 Å². The van der Waals surface area contributed by atoms with E-state index in [0.717, 1.165) is 11.1 Å². The van der Waals surface area contributed by atoms with Gasteiger partial charge >= 0.3 is 0 Å². The van der Waals surface area contributed by atoms with Gasteiger partial charge in [0.2, 0.25) is 0 Å². The largest absolute Gasteiger partial charge is 0.486 e. The molecule has 1 aliphatic rings. The van der Waals surface area contributed by atoms with Gasteiger partial charge in [-0.25, -0.2) is 8.42 Å². The molecule has 0 unspecified atom stereocenters. The van der Waals surface area contributed by atoms with Crippen molar-refractivity contribution in [1.82, 2.24) is 5.32 Å². The second kappa shape index (κ2) is 9.10. The number of anilines is 1. The van der Waals surface area contributed by atoms with E-state index < -0.39 is 15.9 Å². The minimum absolute atomic E-state index is 0.0563. The zero-order valence-corrected chi connectivity index (χ0v) is 18.8. The molecule has 0 spiro atoms. The summed E-state index contributed by atoms with van der Waals surface area (Å²) in [5.41, 5.74) is 2.15. The molecule has 0 aromatic heterocycles. The summed E-state index contributed by atoms with van der Waals surface area (Å²) in [7, 11) is -3.91. The van der Waals surface area contributed by atoms with E-state index in [-0.39, 0.29) is 22.0 Å². The predicted molar refractivity (Wildman–Crippen MR) is 122 cm³/mol. The first-order chi connectivity index (χ1) is 15.3. The lowest BCUT2D eigenvalue weighted by Crippen LogP contribution is -2.25. The Morgan fingerprint density at radius 3 is 2.62 bits per heavy atom. The number of halogens is 1. The molecule has 0 saturated carbocycles. The van der Waals surface area contributed by atoms with E-state index >= 15 is 0 Å². The lowest BCUT2D eigenvalue weighted by atomic mass is 10.1. The zero-order valence-electron chi connectivity index (χ0n) is 17.2. The van der Waals surface area contributed by atoms with Gasteiger partial charge in [0.05, 0.1) is 15.5 Å². The van der Waals surface area contributed by atoms with Crippen LogP contribution in [0.4, 0.5) is 5.69 Å². The van der Waals surface area contributed by atoms with Gasteiger partial charge in [0.25, 0.3) is 15.9 Å². The number of nitrogens with one attached hydrogen (secondary N) is 2. The van der Waals surface area contributed by atoms with E-state index in [1.807, 2.05) is 25.1 Å². The summed E-state index contributed by atoms with van der Waals surface area (Å²) >= 11 is 6.20. The Labute approximate surface area is 191 Å². The summed E-state index contributed by atoms with van der Waals surface area (Å²) in [6.45, 7) is 2.93. The number of amides is 1. The normalized spacial score (nSPS) is 12.8. The summed E-state index contributed by atoms with van der Waals surface area (Å²) < 4.78 is 39.4. The molecule has 0 atom stereocenters. The summed E-state index contributed by atoms with van der Waals surface area (Å²) in [5, 5.41) is 2.91. The molecule has 2 N–H and O–H groups in total. The number of sulfonamides is 1. The second-order valence-corrected chi connectivity index (χ2v) is 9.33. The van der Waals surface area contributed by atoms with Crippen molar-refractivity contribution >= 4 is 33.2 Å². The summed E-state index contributed by atoms with van der Waals surface area (Å²) in [6.07, 6.45) is 0. The third-order valence-corrected chi connectivity index (χ3v) is 6.56. The minimum atomic E-state index is -3.91. The maximum absolute atomic E-state index is 12.8. The number of fused-ring (bicyclic) bond motifs is 1. The average Bonchev–Trinajstić information content (AvgIpc) is 2.77. The minimum Gasteiger partial charge on any atom is -0.486 e. The Bertz CT molecular complexity index is 1280. The van der Waals surface area contributed by atoms with Gasteiger partial charge in [0.1, 0.15) is 13.2 Å². The molecule has 0 radical (unpaired) electrons. The van der Waals surface area contributed by atoms with Crippen LogP contribution in [0.3, 0.4) is 0 Å². The molecule has 4 rings (SSSR count). The molecular formula is C23H21ClN2O5S. The van der Waals surface area contributed by atoms with Crippen LogP contribution in [-0.4, -0.2) is 27.5 Å². The number of benzene rings is 3. The van der Waals surface area contributed by atoms with Crippen molar-refractivity contribution in [1.29, 1.82) is 0 Å². The van der Waals surface area contributed by atoms with E-state index in [2.05, 4.69) is 10.0 Å². The van der Waals surface area contributed by atoms with Crippen molar-refractivity contribution in [2.75, 3.05) is 17.9 Å². The Hall–Kier alpha value is -3.23. The fraction of sp³-hybridized carbons (Fsp3) is 0.174. The number of aryl methyl sites for hydroxylation is 1. The Balaban J connectivity index is 1.53. The Kier molecular flexibility index (Phi) is 6.25. The fourth-order valence-electron chi connectivity index (χ4n) is 3.31. The highest BCUT2D eigenvalue weighted by Gasteiger charge is 2.20. The summed E-state index contributed by atoms with van der Waals surface area (Å²) in [4.78, 5) is 12.7. The van der Waals surface area contributed by atoms with Crippen LogP contribution in [0, 0.1) is 6.92 Å². The smallest absolute Gasteiger partial charge is 0.261 e. The SMILES string of the molecule is Cc1cccc(NS(=O)(=O)c2ccc(Cl)c(C(=O)NCc3cccc4c3OCCO4)c2)c1. The fourth-order valence-corrected chi connectivity index (χ4v) is 4.59. The van der Waals surface area contributed by atoms with Gasteiger partial charge in [-0.2, -0.15) is 0 Å². The third-order valence-electron chi connectivity index (χ3n) is 4.85. The van der Waals surface area contributed by atoms with Crippen LogP contribution in [-0.2, 0) is 16.6 Å². The summed E-state index contributed by atoms with van der Waals surface area (Å²) in [6, 6.07) is 16.4. The number of carbonyl (C=O) groups excluding carboxylic acids is 1.